The summed E-state index contributed by atoms with van der Waals surface area (Å²) in [6.07, 6.45) is 1.03. The zero-order valence-electron chi connectivity index (χ0n) is 17.4. The zero-order chi connectivity index (χ0) is 20.5. The van der Waals surface area contributed by atoms with E-state index in [4.69, 9.17) is 0 Å². The van der Waals surface area contributed by atoms with Crippen LogP contribution in [0.1, 0.15) is 42.3 Å². The molecule has 0 aliphatic heterocycles. The van der Waals surface area contributed by atoms with Crippen LogP contribution in [0.2, 0.25) is 0 Å². The predicted octanol–water partition coefficient (Wildman–Crippen LogP) is 2.38. The first kappa shape index (κ1) is 21.6. The SMILES string of the molecule is CCc1ccc(C[NH+](C)CC(=O)Nc2cccc(C(=O)N(CC)CC)c2)cc1. The highest BCUT2D eigenvalue weighted by molar-refractivity contribution is 5.97. The Kier molecular flexibility index (Phi) is 8.20. The third-order valence-electron chi connectivity index (χ3n) is 4.84. The molecule has 0 aliphatic rings. The summed E-state index contributed by atoms with van der Waals surface area (Å²) in [5.74, 6) is -0.0746. The molecule has 0 bridgehead atoms. The molecule has 0 aromatic heterocycles. The van der Waals surface area contributed by atoms with Crippen molar-refractivity contribution < 1.29 is 14.5 Å². The molecule has 1 atom stereocenters. The number of carbonyl (C=O) groups excluding carboxylic acids is 2. The molecule has 0 aliphatic carbocycles. The van der Waals surface area contributed by atoms with Crippen molar-refractivity contribution in [1.82, 2.24) is 4.90 Å². The Morgan fingerprint density at radius 3 is 2.21 bits per heavy atom. The van der Waals surface area contributed by atoms with E-state index in [1.54, 1.807) is 23.1 Å². The molecule has 0 radical (unpaired) electrons. The third-order valence-corrected chi connectivity index (χ3v) is 4.84. The van der Waals surface area contributed by atoms with Crippen molar-refractivity contribution in [2.45, 2.75) is 33.7 Å². The van der Waals surface area contributed by atoms with Gasteiger partial charge < -0.3 is 15.1 Å². The van der Waals surface area contributed by atoms with Gasteiger partial charge in [0.2, 0.25) is 0 Å². The van der Waals surface area contributed by atoms with Gasteiger partial charge >= 0.3 is 0 Å². The van der Waals surface area contributed by atoms with Gasteiger partial charge in [0.25, 0.3) is 11.8 Å². The van der Waals surface area contributed by atoms with E-state index in [0.717, 1.165) is 17.9 Å². The Hall–Kier alpha value is -2.66. The molecule has 5 heteroatoms. The van der Waals surface area contributed by atoms with Gasteiger partial charge in [0.1, 0.15) is 6.54 Å². The van der Waals surface area contributed by atoms with Gasteiger partial charge in [0.05, 0.1) is 7.05 Å². The molecule has 150 valence electrons. The van der Waals surface area contributed by atoms with Gasteiger partial charge in [-0.15, -0.1) is 0 Å². The van der Waals surface area contributed by atoms with Crippen molar-refractivity contribution >= 4 is 17.5 Å². The number of hydrogen-bond acceptors (Lipinski definition) is 2. The summed E-state index contributed by atoms with van der Waals surface area (Å²) in [6.45, 7) is 8.55. The minimum atomic E-state index is -0.0601. The topological polar surface area (TPSA) is 53.9 Å². The minimum Gasteiger partial charge on any atom is -0.339 e. The van der Waals surface area contributed by atoms with E-state index in [2.05, 4.69) is 36.5 Å². The lowest BCUT2D eigenvalue weighted by Crippen LogP contribution is -3.08. The molecule has 0 heterocycles. The molecule has 0 fully saturated rings. The number of carbonyl (C=O) groups is 2. The second-order valence-corrected chi connectivity index (χ2v) is 7.09. The van der Waals surface area contributed by atoms with Crippen molar-refractivity contribution in [3.8, 4) is 0 Å². The van der Waals surface area contributed by atoms with Crippen molar-refractivity contribution in [3.05, 3.63) is 65.2 Å². The molecular formula is C23H32N3O2+. The molecule has 2 rings (SSSR count). The summed E-state index contributed by atoms with van der Waals surface area (Å²) < 4.78 is 0. The van der Waals surface area contributed by atoms with Crippen molar-refractivity contribution in [1.29, 1.82) is 0 Å². The van der Waals surface area contributed by atoms with E-state index < -0.39 is 0 Å². The lowest BCUT2D eigenvalue weighted by molar-refractivity contribution is -0.885. The molecule has 0 saturated heterocycles. The summed E-state index contributed by atoms with van der Waals surface area (Å²) in [6, 6.07) is 15.7. The van der Waals surface area contributed by atoms with E-state index in [0.29, 0.717) is 30.9 Å². The van der Waals surface area contributed by atoms with Crippen LogP contribution in [0.3, 0.4) is 0 Å². The summed E-state index contributed by atoms with van der Waals surface area (Å²) in [7, 11) is 2.01. The summed E-state index contributed by atoms with van der Waals surface area (Å²) in [5, 5.41) is 2.92. The number of nitrogens with one attached hydrogen (secondary N) is 2. The predicted molar refractivity (Wildman–Crippen MR) is 114 cm³/mol. The Morgan fingerprint density at radius 2 is 1.61 bits per heavy atom. The first-order valence-corrected chi connectivity index (χ1v) is 10.0. The summed E-state index contributed by atoms with van der Waals surface area (Å²) in [5.41, 5.74) is 3.79. The largest absolute Gasteiger partial charge is 0.339 e. The van der Waals surface area contributed by atoms with Crippen LogP contribution >= 0.6 is 0 Å². The Labute approximate surface area is 168 Å². The van der Waals surface area contributed by atoms with Crippen LogP contribution in [-0.4, -0.2) is 43.4 Å². The van der Waals surface area contributed by atoms with Crippen LogP contribution in [0.25, 0.3) is 0 Å². The van der Waals surface area contributed by atoms with Gasteiger partial charge in [-0.3, -0.25) is 9.59 Å². The third kappa shape index (κ3) is 6.20. The van der Waals surface area contributed by atoms with Gasteiger partial charge in [-0.2, -0.15) is 0 Å². The van der Waals surface area contributed by atoms with Crippen molar-refractivity contribution in [2.75, 3.05) is 32.0 Å². The van der Waals surface area contributed by atoms with Gasteiger partial charge in [0.15, 0.2) is 6.54 Å². The lowest BCUT2D eigenvalue weighted by atomic mass is 10.1. The molecule has 1 unspecified atom stereocenters. The molecule has 28 heavy (non-hydrogen) atoms. The number of nitrogens with zero attached hydrogens (tertiary/aromatic N) is 1. The highest BCUT2D eigenvalue weighted by atomic mass is 16.2. The first-order valence-electron chi connectivity index (χ1n) is 10.0. The Morgan fingerprint density at radius 1 is 0.964 bits per heavy atom. The fourth-order valence-electron chi connectivity index (χ4n) is 3.21. The standard InChI is InChI=1S/C23H31N3O2/c1-5-18-11-13-19(14-12-18)16-25(4)17-22(27)24-21-10-8-9-20(15-21)23(28)26(6-2)7-3/h8-15H,5-7,16-17H2,1-4H3,(H,24,27)/p+1. The van der Waals surface area contributed by atoms with Crippen LogP contribution in [0.15, 0.2) is 48.5 Å². The van der Waals surface area contributed by atoms with E-state index in [9.17, 15) is 9.59 Å². The van der Waals surface area contributed by atoms with Gasteiger partial charge in [-0.1, -0.05) is 37.3 Å². The van der Waals surface area contributed by atoms with E-state index in [1.165, 1.54) is 11.1 Å². The Bertz CT molecular complexity index is 783. The number of quaternary nitrogens is 1. The van der Waals surface area contributed by atoms with Crippen molar-refractivity contribution in [3.63, 3.8) is 0 Å². The van der Waals surface area contributed by atoms with E-state index >= 15 is 0 Å². The molecule has 5 nitrogen and oxygen atoms in total. The van der Waals surface area contributed by atoms with Crippen LogP contribution < -0.4 is 10.2 Å². The molecule has 2 N–H and O–H groups in total. The van der Waals surface area contributed by atoms with Gasteiger partial charge in [-0.05, 0) is 44.0 Å². The lowest BCUT2D eigenvalue weighted by Gasteiger charge is -2.19. The van der Waals surface area contributed by atoms with Gasteiger partial charge in [-0.25, -0.2) is 0 Å². The number of hydrogen-bond donors (Lipinski definition) is 2. The number of aryl methyl sites for hydroxylation is 1. The summed E-state index contributed by atoms with van der Waals surface area (Å²) in [4.78, 5) is 27.8. The molecule has 0 saturated carbocycles. The van der Waals surface area contributed by atoms with Crippen LogP contribution in [0.5, 0.6) is 0 Å². The highest BCUT2D eigenvalue weighted by Crippen LogP contribution is 2.13. The fourth-order valence-corrected chi connectivity index (χ4v) is 3.21. The van der Waals surface area contributed by atoms with Crippen LogP contribution in [0, 0.1) is 0 Å². The normalized spacial score (nSPS) is 11.7. The number of anilines is 1. The van der Waals surface area contributed by atoms with Crippen LogP contribution in [-0.2, 0) is 17.8 Å². The number of amides is 2. The second-order valence-electron chi connectivity index (χ2n) is 7.09. The average Bonchev–Trinajstić information content (AvgIpc) is 2.69. The Balaban J connectivity index is 1.93. The number of benzene rings is 2. The summed E-state index contributed by atoms with van der Waals surface area (Å²) >= 11 is 0. The maximum atomic E-state index is 12.5. The van der Waals surface area contributed by atoms with Crippen molar-refractivity contribution in [2.24, 2.45) is 0 Å². The average molecular weight is 383 g/mol. The smallest absolute Gasteiger partial charge is 0.279 e. The molecule has 2 aromatic rings. The van der Waals surface area contributed by atoms with E-state index in [1.807, 2.05) is 27.0 Å². The fraction of sp³-hybridized carbons (Fsp3) is 0.391. The zero-order valence-corrected chi connectivity index (χ0v) is 17.4. The molecule has 0 spiro atoms. The maximum absolute atomic E-state index is 12.5. The quantitative estimate of drug-likeness (QED) is 0.700. The maximum Gasteiger partial charge on any atom is 0.279 e. The second kappa shape index (κ2) is 10.6. The van der Waals surface area contributed by atoms with Gasteiger partial charge in [0, 0.05) is 29.9 Å². The minimum absolute atomic E-state index is 0.0145. The highest BCUT2D eigenvalue weighted by Gasteiger charge is 2.15. The number of likely N-dealkylation sites (N-methyl/N-ethyl adjacent to an activating group) is 1. The van der Waals surface area contributed by atoms with E-state index in [-0.39, 0.29) is 11.8 Å². The monoisotopic (exact) mass is 382 g/mol. The molecule has 2 aromatic carbocycles. The molecule has 2 amide bonds. The molecular weight excluding hydrogens is 350 g/mol. The number of rotatable bonds is 9. The first-order chi connectivity index (χ1) is 13.5. The van der Waals surface area contributed by atoms with Crippen LogP contribution in [0.4, 0.5) is 5.69 Å².